The predicted octanol–water partition coefficient (Wildman–Crippen LogP) is 3.58. The second-order valence-electron chi connectivity index (χ2n) is 7.84. The van der Waals surface area contributed by atoms with E-state index in [0.29, 0.717) is 6.73 Å². The van der Waals surface area contributed by atoms with E-state index in [4.69, 9.17) is 16.2 Å². The van der Waals surface area contributed by atoms with Gasteiger partial charge in [0.1, 0.15) is 12.4 Å². The zero-order valence-corrected chi connectivity index (χ0v) is 18.3. The molecular formula is C20H32N6OSi. The molecule has 152 valence electrons. The molecule has 5 N–H and O–H groups in total. The Morgan fingerprint density at radius 3 is 2.79 bits per heavy atom. The molecule has 2 aromatic rings. The highest BCUT2D eigenvalue weighted by molar-refractivity contribution is 6.76. The van der Waals surface area contributed by atoms with Crippen molar-refractivity contribution in [1.82, 2.24) is 9.55 Å². The number of allylic oxidation sites excluding steroid dienone is 2. The standard InChI is InChI=1S/C20H32N6OSi/c1-6-23-17-8-10-24-19-18(17)16(15(2)7-9-25-20(21)22)13-26(19)14-27-11-12-28(3,4)5/h7-10,13H,2,6,11-12,14H2,1,3-5H3,(H,23,24)(H4,21,22,25)/b9-7-. The van der Waals surface area contributed by atoms with Crippen molar-refractivity contribution in [2.24, 2.45) is 16.5 Å². The van der Waals surface area contributed by atoms with Crippen molar-refractivity contribution in [1.29, 1.82) is 0 Å². The minimum atomic E-state index is -1.12. The Hall–Kier alpha value is -2.58. The van der Waals surface area contributed by atoms with Gasteiger partial charge in [0.05, 0.1) is 0 Å². The number of nitrogens with one attached hydrogen (secondary N) is 1. The van der Waals surface area contributed by atoms with E-state index in [1.165, 1.54) is 0 Å². The highest BCUT2D eigenvalue weighted by atomic mass is 28.3. The number of ether oxygens (including phenoxy) is 1. The summed E-state index contributed by atoms with van der Waals surface area (Å²) in [5.41, 5.74) is 14.4. The molecule has 0 aromatic carbocycles. The smallest absolute Gasteiger partial charge is 0.190 e. The van der Waals surface area contributed by atoms with Gasteiger partial charge in [0, 0.05) is 56.5 Å². The van der Waals surface area contributed by atoms with Crippen molar-refractivity contribution in [2.75, 3.05) is 18.5 Å². The van der Waals surface area contributed by atoms with Crippen LogP contribution in [0.15, 0.2) is 42.3 Å². The summed E-state index contributed by atoms with van der Waals surface area (Å²) in [6.45, 7) is 15.3. The molecule has 0 bridgehead atoms. The number of nitrogens with two attached hydrogens (primary N) is 2. The average Bonchev–Trinajstić information content (AvgIpc) is 2.98. The molecule has 2 rings (SSSR count). The first-order valence-corrected chi connectivity index (χ1v) is 13.2. The largest absolute Gasteiger partial charge is 0.385 e. The van der Waals surface area contributed by atoms with Crippen molar-refractivity contribution in [2.45, 2.75) is 39.3 Å². The van der Waals surface area contributed by atoms with Gasteiger partial charge in [-0.1, -0.05) is 26.2 Å². The van der Waals surface area contributed by atoms with Crippen molar-refractivity contribution >= 4 is 36.3 Å². The summed E-state index contributed by atoms with van der Waals surface area (Å²) in [6, 6.07) is 3.10. The molecule has 0 aliphatic carbocycles. The van der Waals surface area contributed by atoms with Gasteiger partial charge in [0.2, 0.25) is 0 Å². The van der Waals surface area contributed by atoms with E-state index in [9.17, 15) is 0 Å². The summed E-state index contributed by atoms with van der Waals surface area (Å²) >= 11 is 0. The Kier molecular flexibility index (Phi) is 7.42. The minimum absolute atomic E-state index is 0.0114. The molecule has 0 atom stereocenters. The first kappa shape index (κ1) is 21.7. The Balaban J connectivity index is 2.35. The van der Waals surface area contributed by atoms with Crippen LogP contribution < -0.4 is 16.8 Å². The van der Waals surface area contributed by atoms with E-state index in [1.807, 2.05) is 16.8 Å². The van der Waals surface area contributed by atoms with Crippen molar-refractivity contribution in [3.63, 3.8) is 0 Å². The van der Waals surface area contributed by atoms with E-state index < -0.39 is 8.07 Å². The molecule has 8 heteroatoms. The zero-order chi connectivity index (χ0) is 20.7. The maximum Gasteiger partial charge on any atom is 0.190 e. The number of rotatable bonds is 10. The van der Waals surface area contributed by atoms with Crippen molar-refractivity contribution in [3.8, 4) is 0 Å². The quantitative estimate of drug-likeness (QED) is 0.186. The lowest BCUT2D eigenvalue weighted by atomic mass is 10.1. The second-order valence-corrected chi connectivity index (χ2v) is 13.5. The van der Waals surface area contributed by atoms with Crippen LogP contribution in [0.3, 0.4) is 0 Å². The fraction of sp³-hybridized carbons (Fsp3) is 0.400. The molecule has 0 radical (unpaired) electrons. The number of aromatic nitrogens is 2. The van der Waals surface area contributed by atoms with E-state index in [-0.39, 0.29) is 5.96 Å². The van der Waals surface area contributed by atoms with Crippen LogP contribution in [0.4, 0.5) is 5.69 Å². The van der Waals surface area contributed by atoms with E-state index in [2.05, 4.69) is 48.4 Å². The van der Waals surface area contributed by atoms with E-state index in [1.54, 1.807) is 18.5 Å². The predicted molar refractivity (Wildman–Crippen MR) is 122 cm³/mol. The van der Waals surface area contributed by atoms with Crippen LogP contribution in [0, 0.1) is 0 Å². The Morgan fingerprint density at radius 1 is 1.39 bits per heavy atom. The molecule has 0 unspecified atom stereocenters. The summed E-state index contributed by atoms with van der Waals surface area (Å²) in [4.78, 5) is 8.47. The third kappa shape index (κ3) is 5.96. The molecule has 28 heavy (non-hydrogen) atoms. The molecule has 0 spiro atoms. The fourth-order valence-electron chi connectivity index (χ4n) is 2.74. The Bertz CT molecular complexity index is 875. The topological polar surface area (TPSA) is 103 Å². The van der Waals surface area contributed by atoms with Crippen molar-refractivity contribution in [3.05, 3.63) is 42.9 Å². The third-order valence-corrected chi connectivity index (χ3v) is 5.90. The highest BCUT2D eigenvalue weighted by Crippen LogP contribution is 2.32. The minimum Gasteiger partial charge on any atom is -0.385 e. The zero-order valence-electron chi connectivity index (χ0n) is 17.3. The summed E-state index contributed by atoms with van der Waals surface area (Å²) in [5.74, 6) is 0.0114. The number of hydrogen-bond acceptors (Lipinski definition) is 4. The first-order chi connectivity index (χ1) is 13.2. The van der Waals surface area contributed by atoms with Crippen LogP contribution in [0.5, 0.6) is 0 Å². The van der Waals surface area contributed by atoms with Gasteiger partial charge in [-0.2, -0.15) is 0 Å². The maximum absolute atomic E-state index is 5.94. The number of hydrogen-bond donors (Lipinski definition) is 3. The second kappa shape index (κ2) is 9.56. The van der Waals surface area contributed by atoms with Gasteiger partial charge >= 0.3 is 0 Å². The third-order valence-electron chi connectivity index (χ3n) is 4.20. The van der Waals surface area contributed by atoms with Gasteiger partial charge in [0.15, 0.2) is 5.96 Å². The summed E-state index contributed by atoms with van der Waals surface area (Å²) < 4.78 is 7.97. The lowest BCUT2D eigenvalue weighted by Gasteiger charge is -2.15. The maximum atomic E-state index is 5.94. The van der Waals surface area contributed by atoms with Gasteiger partial charge < -0.3 is 26.1 Å². The number of pyridine rings is 1. The SMILES string of the molecule is C=C(/C=C\N=C(N)N)c1cn(COCC[Si](C)(C)C)c2nccc(NCC)c12. The lowest BCUT2D eigenvalue weighted by molar-refractivity contribution is 0.0898. The summed E-state index contributed by atoms with van der Waals surface area (Å²) in [5, 5.41) is 4.41. The molecule has 2 heterocycles. The lowest BCUT2D eigenvalue weighted by Crippen LogP contribution is -2.22. The van der Waals surface area contributed by atoms with Crippen LogP contribution in [0.25, 0.3) is 16.6 Å². The summed E-state index contributed by atoms with van der Waals surface area (Å²) in [6.07, 6.45) is 7.16. The normalized spacial score (nSPS) is 11.9. The monoisotopic (exact) mass is 400 g/mol. The van der Waals surface area contributed by atoms with Gasteiger partial charge in [-0.3, -0.25) is 0 Å². The van der Waals surface area contributed by atoms with E-state index in [0.717, 1.165) is 47.1 Å². The summed E-state index contributed by atoms with van der Waals surface area (Å²) in [7, 11) is -1.12. The molecule has 0 saturated heterocycles. The molecule has 7 nitrogen and oxygen atoms in total. The number of anilines is 1. The van der Waals surface area contributed by atoms with Crippen LogP contribution in [0.2, 0.25) is 25.7 Å². The fourth-order valence-corrected chi connectivity index (χ4v) is 3.50. The molecule has 2 aromatic heterocycles. The molecule has 0 fully saturated rings. The first-order valence-electron chi connectivity index (χ1n) is 9.47. The molecule has 0 aliphatic heterocycles. The van der Waals surface area contributed by atoms with Gasteiger partial charge in [-0.05, 0) is 30.7 Å². The Labute approximate surface area is 168 Å². The molecule has 0 amide bonds. The van der Waals surface area contributed by atoms with Crippen LogP contribution in [0.1, 0.15) is 12.5 Å². The average molecular weight is 401 g/mol. The number of aliphatic imine (C=N–C) groups is 1. The van der Waals surface area contributed by atoms with Gasteiger partial charge in [-0.25, -0.2) is 9.98 Å². The number of nitrogens with zero attached hydrogens (tertiary/aromatic N) is 3. The van der Waals surface area contributed by atoms with Crippen molar-refractivity contribution < 1.29 is 4.74 Å². The van der Waals surface area contributed by atoms with Crippen LogP contribution in [-0.4, -0.2) is 36.7 Å². The van der Waals surface area contributed by atoms with Crippen LogP contribution in [-0.2, 0) is 11.5 Å². The molecule has 0 aliphatic rings. The highest BCUT2D eigenvalue weighted by Gasteiger charge is 2.16. The Morgan fingerprint density at radius 2 is 2.14 bits per heavy atom. The molecule has 0 saturated carbocycles. The number of guanidine groups is 1. The van der Waals surface area contributed by atoms with E-state index >= 15 is 0 Å². The number of fused-ring (bicyclic) bond motifs is 1. The van der Waals surface area contributed by atoms with Crippen LogP contribution >= 0.6 is 0 Å². The molecular weight excluding hydrogens is 368 g/mol. The van der Waals surface area contributed by atoms with Gasteiger partial charge in [0.25, 0.3) is 0 Å². The van der Waals surface area contributed by atoms with Gasteiger partial charge in [-0.15, -0.1) is 0 Å².